The van der Waals surface area contributed by atoms with Gasteiger partial charge in [0.2, 0.25) is 10.0 Å². The quantitative estimate of drug-likeness (QED) is 0.457. The molecule has 0 saturated carbocycles. The molecule has 0 spiro atoms. The maximum absolute atomic E-state index is 13.2. The van der Waals surface area contributed by atoms with Crippen molar-refractivity contribution in [3.05, 3.63) is 102 Å². The number of sulfonamides is 1. The average molecular weight is 402 g/mol. The molecule has 4 rings (SSSR count). The standard InChI is InChI=1S/C25H23NO2S/c1-20-16-18-23(19-17-20)29(27,28)26-24(25(26)22-13-6-3-7-14-22)15-9-8-12-21-10-4-2-5-11-21/h2-7,10-11,13-14,16-19,24-25H,8,12H2,1H3. The largest absolute Gasteiger partial charge is 0.244 e. The molecule has 3 aromatic carbocycles. The molecule has 29 heavy (non-hydrogen) atoms. The SMILES string of the molecule is Cc1ccc(S(=O)(=O)N2C(C#CCCc3ccccc3)C2c2ccccc2)cc1. The lowest BCUT2D eigenvalue weighted by atomic mass is 10.1. The Morgan fingerprint density at radius 1 is 0.862 bits per heavy atom. The molecule has 3 atom stereocenters. The Kier molecular flexibility index (Phi) is 5.53. The van der Waals surface area contributed by atoms with E-state index >= 15 is 0 Å². The van der Waals surface area contributed by atoms with E-state index in [1.54, 1.807) is 12.1 Å². The molecule has 0 N–H and O–H groups in total. The van der Waals surface area contributed by atoms with E-state index in [1.165, 1.54) is 9.87 Å². The molecule has 0 aromatic heterocycles. The average Bonchev–Trinajstić information content (AvgIpc) is 3.48. The van der Waals surface area contributed by atoms with Crippen LogP contribution in [0.4, 0.5) is 0 Å². The number of rotatable bonds is 5. The van der Waals surface area contributed by atoms with E-state index in [9.17, 15) is 8.42 Å². The van der Waals surface area contributed by atoms with Crippen molar-refractivity contribution in [3.63, 3.8) is 0 Å². The molecule has 0 radical (unpaired) electrons. The smallest absolute Gasteiger partial charge is 0.207 e. The first-order valence-electron chi connectivity index (χ1n) is 9.75. The van der Waals surface area contributed by atoms with Gasteiger partial charge in [0, 0.05) is 6.42 Å². The Morgan fingerprint density at radius 3 is 2.14 bits per heavy atom. The van der Waals surface area contributed by atoms with Gasteiger partial charge in [0.05, 0.1) is 10.9 Å². The van der Waals surface area contributed by atoms with Crippen molar-refractivity contribution in [2.24, 2.45) is 0 Å². The molecule has 0 amide bonds. The van der Waals surface area contributed by atoms with Crippen molar-refractivity contribution in [1.29, 1.82) is 0 Å². The van der Waals surface area contributed by atoms with Gasteiger partial charge in [-0.25, -0.2) is 8.42 Å². The highest BCUT2D eigenvalue weighted by Gasteiger charge is 2.55. The van der Waals surface area contributed by atoms with Crippen molar-refractivity contribution >= 4 is 10.0 Å². The summed E-state index contributed by atoms with van der Waals surface area (Å²) < 4.78 is 28.0. The second kappa shape index (κ2) is 8.24. The highest BCUT2D eigenvalue weighted by molar-refractivity contribution is 7.89. The van der Waals surface area contributed by atoms with E-state index in [-0.39, 0.29) is 12.1 Å². The fraction of sp³-hybridized carbons (Fsp3) is 0.200. The van der Waals surface area contributed by atoms with Crippen LogP contribution in [0.2, 0.25) is 0 Å². The maximum atomic E-state index is 13.2. The van der Waals surface area contributed by atoms with E-state index in [0.29, 0.717) is 11.3 Å². The fourth-order valence-electron chi connectivity index (χ4n) is 3.49. The molecule has 0 bridgehead atoms. The maximum Gasteiger partial charge on any atom is 0.244 e. The van der Waals surface area contributed by atoms with E-state index in [2.05, 4.69) is 24.0 Å². The molecule has 1 fully saturated rings. The zero-order valence-corrected chi connectivity index (χ0v) is 17.1. The van der Waals surface area contributed by atoms with Crippen LogP contribution in [0.15, 0.2) is 89.8 Å². The molecular formula is C25H23NO2S. The monoisotopic (exact) mass is 401 g/mol. The summed E-state index contributed by atoms with van der Waals surface area (Å²) in [7, 11) is -3.59. The lowest BCUT2D eigenvalue weighted by molar-refractivity contribution is 0.551. The molecule has 3 unspecified atom stereocenters. The molecule has 146 valence electrons. The number of hydrogen-bond acceptors (Lipinski definition) is 2. The zero-order chi connectivity index (χ0) is 20.3. The molecule has 4 heteroatoms. The second-order valence-electron chi connectivity index (χ2n) is 7.26. The predicted molar refractivity (Wildman–Crippen MR) is 116 cm³/mol. The molecule has 1 aliphatic rings. The highest BCUT2D eigenvalue weighted by Crippen LogP contribution is 2.47. The highest BCUT2D eigenvalue weighted by atomic mass is 32.2. The van der Waals surface area contributed by atoms with Crippen LogP contribution in [-0.4, -0.2) is 18.8 Å². The lowest BCUT2D eigenvalue weighted by Gasteiger charge is -2.06. The topological polar surface area (TPSA) is 37.1 Å². The minimum Gasteiger partial charge on any atom is -0.207 e. The van der Waals surface area contributed by atoms with Crippen LogP contribution in [0.25, 0.3) is 0 Å². The minimum absolute atomic E-state index is 0.230. The molecule has 1 aliphatic heterocycles. The Labute approximate surface area is 173 Å². The normalized spacial score (nSPS) is 20.5. The predicted octanol–water partition coefficient (Wildman–Crippen LogP) is 4.75. The number of hydrogen-bond donors (Lipinski definition) is 0. The van der Waals surface area contributed by atoms with Gasteiger partial charge in [0.25, 0.3) is 0 Å². The third-order valence-corrected chi connectivity index (χ3v) is 7.00. The summed E-state index contributed by atoms with van der Waals surface area (Å²) >= 11 is 0. The van der Waals surface area contributed by atoms with Gasteiger partial charge < -0.3 is 0 Å². The molecule has 1 heterocycles. The van der Waals surface area contributed by atoms with Crippen LogP contribution in [0, 0.1) is 18.8 Å². The Bertz CT molecular complexity index is 1130. The number of aryl methyl sites for hydroxylation is 2. The van der Waals surface area contributed by atoms with Gasteiger partial charge in [0.1, 0.15) is 6.04 Å². The summed E-state index contributed by atoms with van der Waals surface area (Å²) in [4.78, 5) is 0.317. The summed E-state index contributed by atoms with van der Waals surface area (Å²) in [5.41, 5.74) is 3.25. The molecule has 3 aromatic rings. The second-order valence-corrected chi connectivity index (χ2v) is 9.10. The first-order valence-corrected chi connectivity index (χ1v) is 11.2. The summed E-state index contributed by atoms with van der Waals surface area (Å²) in [5, 5.41) is 0. The van der Waals surface area contributed by atoms with E-state index < -0.39 is 10.0 Å². The van der Waals surface area contributed by atoms with Gasteiger partial charge in [-0.2, -0.15) is 4.31 Å². The van der Waals surface area contributed by atoms with E-state index in [4.69, 9.17) is 0 Å². The third kappa shape index (κ3) is 4.27. The van der Waals surface area contributed by atoms with Crippen LogP contribution < -0.4 is 0 Å². The third-order valence-electron chi connectivity index (χ3n) is 5.13. The first kappa shape index (κ1) is 19.4. The molecule has 0 aliphatic carbocycles. The number of benzene rings is 3. The molecular weight excluding hydrogens is 378 g/mol. The van der Waals surface area contributed by atoms with Gasteiger partial charge >= 0.3 is 0 Å². The summed E-state index contributed by atoms with van der Waals surface area (Å²) in [6.07, 6.45) is 1.57. The van der Waals surface area contributed by atoms with Crippen molar-refractivity contribution in [2.75, 3.05) is 0 Å². The lowest BCUT2D eigenvalue weighted by Crippen LogP contribution is -2.14. The summed E-state index contributed by atoms with van der Waals surface area (Å²) in [6, 6.07) is 26.4. The van der Waals surface area contributed by atoms with Crippen molar-refractivity contribution in [2.45, 2.75) is 36.7 Å². The van der Waals surface area contributed by atoms with Crippen molar-refractivity contribution in [3.8, 4) is 11.8 Å². The number of nitrogens with zero attached hydrogens (tertiary/aromatic N) is 1. The summed E-state index contributed by atoms with van der Waals surface area (Å²) in [6.45, 7) is 1.95. The van der Waals surface area contributed by atoms with Gasteiger partial charge in [-0.15, -0.1) is 5.92 Å². The Balaban J connectivity index is 1.56. The Hall–Kier alpha value is -2.87. The van der Waals surface area contributed by atoms with Crippen molar-refractivity contribution in [1.82, 2.24) is 4.31 Å². The molecule has 3 nitrogen and oxygen atoms in total. The molecule has 1 saturated heterocycles. The minimum atomic E-state index is -3.59. The van der Waals surface area contributed by atoms with Gasteiger partial charge in [-0.3, -0.25) is 0 Å². The fourth-order valence-corrected chi connectivity index (χ4v) is 5.16. The van der Waals surface area contributed by atoms with Crippen molar-refractivity contribution < 1.29 is 8.42 Å². The van der Waals surface area contributed by atoms with Crippen LogP contribution in [0.5, 0.6) is 0 Å². The van der Waals surface area contributed by atoms with Crippen LogP contribution in [0.3, 0.4) is 0 Å². The van der Waals surface area contributed by atoms with E-state index in [0.717, 1.165) is 17.5 Å². The first-order chi connectivity index (χ1) is 14.1. The van der Waals surface area contributed by atoms with Crippen LogP contribution >= 0.6 is 0 Å². The van der Waals surface area contributed by atoms with Gasteiger partial charge in [-0.1, -0.05) is 84.3 Å². The van der Waals surface area contributed by atoms with Crippen LogP contribution in [-0.2, 0) is 16.4 Å². The Morgan fingerprint density at radius 2 is 1.48 bits per heavy atom. The van der Waals surface area contributed by atoms with E-state index in [1.807, 2.05) is 67.6 Å². The van der Waals surface area contributed by atoms with Gasteiger partial charge in [0.15, 0.2) is 0 Å². The van der Waals surface area contributed by atoms with Crippen LogP contribution in [0.1, 0.15) is 29.2 Å². The summed E-state index contributed by atoms with van der Waals surface area (Å²) in [5.74, 6) is 6.41. The van der Waals surface area contributed by atoms with Gasteiger partial charge in [-0.05, 0) is 36.6 Å². The zero-order valence-electron chi connectivity index (χ0n) is 16.3.